The summed E-state index contributed by atoms with van der Waals surface area (Å²) >= 11 is 5.81. The van der Waals surface area contributed by atoms with Crippen molar-refractivity contribution >= 4 is 29.2 Å². The molecule has 0 aliphatic heterocycles. The number of benzene rings is 1. The fourth-order valence-electron chi connectivity index (χ4n) is 2.30. The Hall–Kier alpha value is -2.34. The molecule has 1 aliphatic carbocycles. The van der Waals surface area contributed by atoms with Gasteiger partial charge in [-0.3, -0.25) is 9.78 Å². The third-order valence-corrected chi connectivity index (χ3v) is 3.52. The highest BCUT2D eigenvalue weighted by molar-refractivity contribution is 6.30. The Labute approximate surface area is 126 Å². The van der Waals surface area contributed by atoms with Gasteiger partial charge in [0, 0.05) is 16.3 Å². The zero-order valence-corrected chi connectivity index (χ0v) is 11.9. The van der Waals surface area contributed by atoms with E-state index >= 15 is 0 Å². The third-order valence-electron chi connectivity index (χ3n) is 3.27. The molecule has 0 saturated carbocycles. The number of rotatable bonds is 2. The summed E-state index contributed by atoms with van der Waals surface area (Å²) in [5.74, 6) is 0.373. The maximum Gasteiger partial charge on any atom is 0.255 e. The van der Waals surface area contributed by atoms with Crippen LogP contribution in [0.1, 0.15) is 17.7 Å². The molecule has 7 heteroatoms. The number of halogens is 1. The van der Waals surface area contributed by atoms with Crippen LogP contribution in [0.3, 0.4) is 0 Å². The van der Waals surface area contributed by atoms with E-state index in [1.165, 1.54) is 0 Å². The first kappa shape index (κ1) is 13.6. The summed E-state index contributed by atoms with van der Waals surface area (Å²) in [6.07, 6.45) is 2.55. The number of H-pyrrole nitrogens is 1. The van der Waals surface area contributed by atoms with Gasteiger partial charge in [-0.25, -0.2) is 4.98 Å². The Kier molecular flexibility index (Phi) is 3.62. The molecule has 1 aromatic carbocycles. The van der Waals surface area contributed by atoms with E-state index in [1.54, 1.807) is 24.3 Å². The number of anilines is 1. The Bertz CT molecular complexity index is 751. The SMILES string of the molecule is N/C(=N\c1nc2c(c(=O)[nH]1)CCC2)Nc1ccc(Cl)cc1. The summed E-state index contributed by atoms with van der Waals surface area (Å²) in [6.45, 7) is 0. The van der Waals surface area contributed by atoms with E-state index < -0.39 is 0 Å². The van der Waals surface area contributed by atoms with Gasteiger partial charge in [-0.15, -0.1) is 0 Å². The summed E-state index contributed by atoms with van der Waals surface area (Å²) in [6, 6.07) is 7.05. The standard InChI is InChI=1S/C14H14ClN5O/c15-8-4-6-9(7-5-8)17-13(16)20-14-18-11-3-1-2-10(11)12(21)19-14/h4-7H,1-3H2,(H4,16,17,18,19,20,21). The van der Waals surface area contributed by atoms with Gasteiger partial charge < -0.3 is 11.1 Å². The molecule has 4 N–H and O–H groups in total. The molecule has 0 atom stereocenters. The largest absolute Gasteiger partial charge is 0.369 e. The molecule has 2 aromatic rings. The topological polar surface area (TPSA) is 96.2 Å². The van der Waals surface area contributed by atoms with Crippen LogP contribution in [0.4, 0.5) is 11.6 Å². The fourth-order valence-corrected chi connectivity index (χ4v) is 2.43. The first-order valence-electron chi connectivity index (χ1n) is 6.60. The van der Waals surface area contributed by atoms with Gasteiger partial charge in [-0.2, -0.15) is 4.99 Å². The Morgan fingerprint density at radius 1 is 1.33 bits per heavy atom. The predicted octanol–water partition coefficient (Wildman–Crippen LogP) is 1.97. The summed E-state index contributed by atoms with van der Waals surface area (Å²) in [4.78, 5) is 22.9. The van der Waals surface area contributed by atoms with Crippen molar-refractivity contribution in [1.29, 1.82) is 0 Å². The van der Waals surface area contributed by atoms with Gasteiger partial charge in [0.15, 0.2) is 0 Å². The summed E-state index contributed by atoms with van der Waals surface area (Å²) in [7, 11) is 0. The van der Waals surface area contributed by atoms with Crippen molar-refractivity contribution in [1.82, 2.24) is 9.97 Å². The first-order valence-corrected chi connectivity index (χ1v) is 6.98. The third kappa shape index (κ3) is 3.05. The molecule has 1 heterocycles. The molecular formula is C14H14ClN5O. The van der Waals surface area contributed by atoms with Crippen LogP contribution < -0.4 is 16.6 Å². The van der Waals surface area contributed by atoms with Crippen molar-refractivity contribution in [2.75, 3.05) is 5.32 Å². The van der Waals surface area contributed by atoms with E-state index in [1.807, 2.05) is 0 Å². The first-order chi connectivity index (χ1) is 10.1. The fraction of sp³-hybridized carbons (Fsp3) is 0.214. The summed E-state index contributed by atoms with van der Waals surface area (Å²) < 4.78 is 0. The van der Waals surface area contributed by atoms with Crippen LogP contribution in [0.15, 0.2) is 34.1 Å². The summed E-state index contributed by atoms with van der Waals surface area (Å²) in [5, 5.41) is 3.55. The van der Waals surface area contributed by atoms with Crippen molar-refractivity contribution in [3.63, 3.8) is 0 Å². The molecule has 0 fully saturated rings. The maximum atomic E-state index is 11.9. The Morgan fingerprint density at radius 2 is 2.10 bits per heavy atom. The molecule has 3 rings (SSSR count). The molecule has 0 amide bonds. The quantitative estimate of drug-likeness (QED) is 0.584. The van der Waals surface area contributed by atoms with E-state index in [0.717, 1.165) is 36.2 Å². The van der Waals surface area contributed by atoms with E-state index in [0.29, 0.717) is 5.02 Å². The molecular weight excluding hydrogens is 290 g/mol. The smallest absolute Gasteiger partial charge is 0.255 e. The molecule has 6 nitrogen and oxygen atoms in total. The minimum Gasteiger partial charge on any atom is -0.369 e. The number of hydrogen-bond donors (Lipinski definition) is 3. The number of nitrogens with zero attached hydrogens (tertiary/aromatic N) is 2. The lowest BCUT2D eigenvalue weighted by molar-refractivity contribution is 0.898. The van der Waals surface area contributed by atoms with Gasteiger partial charge in [0.05, 0.1) is 5.69 Å². The highest BCUT2D eigenvalue weighted by Gasteiger charge is 2.16. The van der Waals surface area contributed by atoms with E-state index in [-0.39, 0.29) is 17.5 Å². The minimum absolute atomic E-state index is 0.129. The molecule has 0 spiro atoms. The molecule has 0 bridgehead atoms. The zero-order chi connectivity index (χ0) is 14.8. The van der Waals surface area contributed by atoms with Crippen LogP contribution in [0.2, 0.25) is 5.02 Å². The number of nitrogens with one attached hydrogen (secondary N) is 2. The Morgan fingerprint density at radius 3 is 2.86 bits per heavy atom. The van der Waals surface area contributed by atoms with E-state index in [9.17, 15) is 4.79 Å². The van der Waals surface area contributed by atoms with Gasteiger partial charge in [-0.1, -0.05) is 11.6 Å². The second kappa shape index (κ2) is 5.57. The zero-order valence-electron chi connectivity index (χ0n) is 11.2. The maximum absolute atomic E-state index is 11.9. The van der Waals surface area contributed by atoms with Crippen LogP contribution in [-0.4, -0.2) is 15.9 Å². The van der Waals surface area contributed by atoms with Gasteiger partial charge in [0.1, 0.15) is 0 Å². The van der Waals surface area contributed by atoms with Gasteiger partial charge in [0.25, 0.3) is 5.56 Å². The van der Waals surface area contributed by atoms with Crippen LogP contribution in [-0.2, 0) is 12.8 Å². The molecule has 0 saturated heterocycles. The molecule has 1 aliphatic rings. The number of fused-ring (bicyclic) bond motifs is 1. The molecule has 0 unspecified atom stereocenters. The molecule has 1 aromatic heterocycles. The minimum atomic E-state index is -0.129. The normalized spacial score (nSPS) is 14.0. The van der Waals surface area contributed by atoms with Crippen molar-refractivity contribution in [2.45, 2.75) is 19.3 Å². The average Bonchev–Trinajstić information content (AvgIpc) is 2.90. The van der Waals surface area contributed by atoms with Gasteiger partial charge in [0.2, 0.25) is 11.9 Å². The van der Waals surface area contributed by atoms with Crippen LogP contribution in [0, 0.1) is 0 Å². The number of aromatic nitrogens is 2. The van der Waals surface area contributed by atoms with E-state index in [2.05, 4.69) is 20.3 Å². The predicted molar refractivity (Wildman–Crippen MR) is 83.2 cm³/mol. The van der Waals surface area contributed by atoms with Crippen molar-refractivity contribution in [3.8, 4) is 0 Å². The highest BCUT2D eigenvalue weighted by atomic mass is 35.5. The Balaban J connectivity index is 1.83. The number of aryl methyl sites for hydroxylation is 1. The number of guanidine groups is 1. The second-order valence-electron chi connectivity index (χ2n) is 4.80. The monoisotopic (exact) mass is 303 g/mol. The number of aromatic amines is 1. The van der Waals surface area contributed by atoms with Crippen molar-refractivity contribution < 1.29 is 0 Å². The average molecular weight is 304 g/mol. The van der Waals surface area contributed by atoms with E-state index in [4.69, 9.17) is 17.3 Å². The number of aliphatic imine (C=N–C) groups is 1. The second-order valence-corrected chi connectivity index (χ2v) is 5.23. The summed E-state index contributed by atoms with van der Waals surface area (Å²) in [5.41, 5.74) is 8.02. The lowest BCUT2D eigenvalue weighted by atomic mass is 10.3. The van der Waals surface area contributed by atoms with Gasteiger partial charge >= 0.3 is 0 Å². The van der Waals surface area contributed by atoms with Crippen LogP contribution in [0.5, 0.6) is 0 Å². The van der Waals surface area contributed by atoms with Crippen molar-refractivity contribution in [3.05, 3.63) is 50.9 Å². The highest BCUT2D eigenvalue weighted by Crippen LogP contribution is 2.18. The van der Waals surface area contributed by atoms with Crippen LogP contribution in [0.25, 0.3) is 0 Å². The lowest BCUT2D eigenvalue weighted by Crippen LogP contribution is -2.23. The molecule has 108 valence electrons. The van der Waals surface area contributed by atoms with Crippen molar-refractivity contribution in [2.24, 2.45) is 10.7 Å². The lowest BCUT2D eigenvalue weighted by Gasteiger charge is -2.05. The van der Waals surface area contributed by atoms with Crippen LogP contribution >= 0.6 is 11.6 Å². The molecule has 21 heavy (non-hydrogen) atoms. The van der Waals surface area contributed by atoms with Gasteiger partial charge in [-0.05, 0) is 43.5 Å². The number of hydrogen-bond acceptors (Lipinski definition) is 3. The molecule has 0 radical (unpaired) electrons. The number of nitrogens with two attached hydrogens (primary N) is 1.